The lowest BCUT2D eigenvalue weighted by molar-refractivity contribution is -0.131. The lowest BCUT2D eigenvalue weighted by Gasteiger charge is -2.37. The minimum atomic E-state index is 0.171. The quantitative estimate of drug-likeness (QED) is 0.355. The van der Waals surface area contributed by atoms with Gasteiger partial charge >= 0.3 is 0 Å². The van der Waals surface area contributed by atoms with Crippen LogP contribution in [0.15, 0.2) is 48.5 Å². The van der Waals surface area contributed by atoms with Crippen molar-refractivity contribution in [2.45, 2.75) is 26.7 Å². The van der Waals surface area contributed by atoms with E-state index in [9.17, 15) is 4.79 Å². The highest BCUT2D eigenvalue weighted by molar-refractivity contribution is 7.09. The van der Waals surface area contributed by atoms with E-state index in [0.29, 0.717) is 52.2 Å². The number of hydrogen-bond acceptors (Lipinski definition) is 8. The van der Waals surface area contributed by atoms with Gasteiger partial charge in [0, 0.05) is 70.8 Å². The highest BCUT2D eigenvalue weighted by atomic mass is 32.1. The molecule has 1 aromatic heterocycles. The van der Waals surface area contributed by atoms with Gasteiger partial charge in [-0.05, 0) is 31.5 Å². The van der Waals surface area contributed by atoms with Crippen molar-refractivity contribution in [1.29, 1.82) is 0 Å². The molecule has 0 spiro atoms. The molecule has 37 heavy (non-hydrogen) atoms. The van der Waals surface area contributed by atoms with Gasteiger partial charge in [-0.25, -0.2) is 4.98 Å². The number of nitrogens with zero attached hydrogens (tertiary/aromatic N) is 5. The van der Waals surface area contributed by atoms with Crippen molar-refractivity contribution < 1.29 is 14.3 Å². The summed E-state index contributed by atoms with van der Waals surface area (Å²) >= 11 is 1.39. The Morgan fingerprint density at radius 1 is 1.05 bits per heavy atom. The summed E-state index contributed by atoms with van der Waals surface area (Å²) in [5.41, 5.74) is 3.53. The van der Waals surface area contributed by atoms with Crippen molar-refractivity contribution in [2.75, 3.05) is 69.4 Å². The van der Waals surface area contributed by atoms with E-state index in [1.807, 2.05) is 30.0 Å². The third-order valence-electron chi connectivity index (χ3n) is 6.51. The predicted octanol–water partition coefficient (Wildman–Crippen LogP) is 4.03. The molecule has 8 nitrogen and oxygen atoms in total. The lowest BCUT2D eigenvalue weighted by atomic mass is 10.1. The third kappa shape index (κ3) is 7.42. The molecule has 0 saturated carbocycles. The molecular formula is C28H37N5O3S. The van der Waals surface area contributed by atoms with Crippen molar-refractivity contribution in [1.82, 2.24) is 14.3 Å². The zero-order chi connectivity index (χ0) is 26.0. The maximum absolute atomic E-state index is 13.1. The third-order valence-corrected chi connectivity index (χ3v) is 7.32. The Balaban J connectivity index is 1.31. The molecular weight excluding hydrogens is 486 g/mol. The summed E-state index contributed by atoms with van der Waals surface area (Å²) in [7, 11) is 1.69. The van der Waals surface area contributed by atoms with E-state index in [1.165, 1.54) is 22.7 Å². The first-order valence-corrected chi connectivity index (χ1v) is 13.7. The number of rotatable bonds is 12. The van der Waals surface area contributed by atoms with E-state index in [1.54, 1.807) is 7.11 Å². The molecule has 1 amide bonds. The van der Waals surface area contributed by atoms with Gasteiger partial charge in [-0.1, -0.05) is 42.0 Å². The van der Waals surface area contributed by atoms with Gasteiger partial charge in [0.2, 0.25) is 11.0 Å². The molecule has 1 fully saturated rings. The van der Waals surface area contributed by atoms with Crippen LogP contribution in [0.25, 0.3) is 0 Å². The number of carbonyl (C=O) groups is 1. The molecule has 2 aromatic carbocycles. The number of piperazine rings is 1. The summed E-state index contributed by atoms with van der Waals surface area (Å²) < 4.78 is 15.7. The van der Waals surface area contributed by atoms with E-state index in [4.69, 9.17) is 14.5 Å². The Bertz CT molecular complexity index is 1130. The molecule has 0 unspecified atom stereocenters. The summed E-state index contributed by atoms with van der Waals surface area (Å²) in [6.45, 7) is 9.54. The van der Waals surface area contributed by atoms with Gasteiger partial charge in [0.05, 0.1) is 18.9 Å². The van der Waals surface area contributed by atoms with Crippen LogP contribution in [-0.4, -0.2) is 79.8 Å². The first kappa shape index (κ1) is 26.9. The predicted molar refractivity (Wildman–Crippen MR) is 149 cm³/mol. The van der Waals surface area contributed by atoms with Crippen LogP contribution in [0, 0.1) is 6.92 Å². The molecule has 4 rings (SSSR count). The Kier molecular flexibility index (Phi) is 9.73. The van der Waals surface area contributed by atoms with Gasteiger partial charge in [0.15, 0.2) is 0 Å². The average molecular weight is 524 g/mol. The monoisotopic (exact) mass is 523 g/mol. The molecule has 9 heteroatoms. The Hall–Kier alpha value is -3.17. The van der Waals surface area contributed by atoms with E-state index in [2.05, 4.69) is 51.4 Å². The SMILES string of the molecule is CCOc1ccccc1N1CCN(C(=O)CCN(CCOC)c2nc(Cc3ccc(C)cc3)ns2)CC1. The standard InChI is InChI=1S/C28H37N5O3S/c1-4-36-25-8-6-5-7-24(25)31-15-17-32(18-16-31)27(34)13-14-33(19-20-35-3)28-29-26(30-37-28)21-23-11-9-22(2)10-12-23/h5-12H,4,13-21H2,1-3H3. The summed E-state index contributed by atoms with van der Waals surface area (Å²) in [5, 5.41) is 0.837. The van der Waals surface area contributed by atoms with Crippen LogP contribution in [0.1, 0.15) is 30.3 Å². The molecule has 198 valence electrons. The number of aromatic nitrogens is 2. The second-order valence-electron chi connectivity index (χ2n) is 9.15. The van der Waals surface area contributed by atoms with E-state index in [0.717, 1.165) is 35.5 Å². The smallest absolute Gasteiger partial charge is 0.224 e. The second kappa shape index (κ2) is 13.4. The van der Waals surface area contributed by atoms with Gasteiger partial charge in [-0.3, -0.25) is 4.79 Å². The largest absolute Gasteiger partial charge is 0.492 e. The maximum Gasteiger partial charge on any atom is 0.224 e. The maximum atomic E-state index is 13.1. The van der Waals surface area contributed by atoms with Crippen LogP contribution in [0.5, 0.6) is 5.75 Å². The van der Waals surface area contributed by atoms with Gasteiger partial charge in [0.1, 0.15) is 11.6 Å². The number of benzene rings is 2. The number of hydrogen-bond donors (Lipinski definition) is 0. The molecule has 0 bridgehead atoms. The molecule has 0 aliphatic carbocycles. The summed E-state index contributed by atoms with van der Waals surface area (Å²) in [6.07, 6.45) is 1.14. The molecule has 0 atom stereocenters. The average Bonchev–Trinajstić information content (AvgIpc) is 3.39. The molecule has 1 aliphatic heterocycles. The van der Waals surface area contributed by atoms with Crippen LogP contribution in [0.3, 0.4) is 0 Å². The van der Waals surface area contributed by atoms with Crippen LogP contribution in [0.2, 0.25) is 0 Å². The number of ether oxygens (including phenoxy) is 2. The second-order valence-corrected chi connectivity index (χ2v) is 9.88. The normalized spacial score (nSPS) is 13.6. The van der Waals surface area contributed by atoms with Gasteiger partial charge < -0.3 is 24.2 Å². The fourth-order valence-electron chi connectivity index (χ4n) is 4.42. The molecule has 0 radical (unpaired) electrons. The van der Waals surface area contributed by atoms with Crippen molar-refractivity contribution in [3.63, 3.8) is 0 Å². The molecule has 3 aromatic rings. The Morgan fingerprint density at radius 2 is 1.81 bits per heavy atom. The topological polar surface area (TPSA) is 71.0 Å². The van der Waals surface area contributed by atoms with Gasteiger partial charge in [-0.15, -0.1) is 0 Å². The number of methoxy groups -OCH3 is 1. The van der Waals surface area contributed by atoms with Gasteiger partial charge in [0.25, 0.3) is 0 Å². The fourth-order valence-corrected chi connectivity index (χ4v) is 5.16. The molecule has 2 heterocycles. The fraction of sp³-hybridized carbons (Fsp3) is 0.464. The molecule has 1 saturated heterocycles. The number of amides is 1. The minimum absolute atomic E-state index is 0.171. The minimum Gasteiger partial charge on any atom is -0.492 e. The summed E-state index contributed by atoms with van der Waals surface area (Å²) in [5.74, 6) is 1.88. The highest BCUT2D eigenvalue weighted by Crippen LogP contribution is 2.29. The number of aryl methyl sites for hydroxylation is 1. The first-order chi connectivity index (χ1) is 18.1. The van der Waals surface area contributed by atoms with Crippen LogP contribution in [-0.2, 0) is 16.0 Å². The first-order valence-electron chi connectivity index (χ1n) is 12.9. The summed E-state index contributed by atoms with van der Waals surface area (Å²) in [4.78, 5) is 24.2. The van der Waals surface area contributed by atoms with E-state index >= 15 is 0 Å². The van der Waals surface area contributed by atoms with Crippen molar-refractivity contribution >= 4 is 28.3 Å². The highest BCUT2D eigenvalue weighted by Gasteiger charge is 2.24. The lowest BCUT2D eigenvalue weighted by Crippen LogP contribution is -2.49. The molecule has 0 N–H and O–H groups in total. The van der Waals surface area contributed by atoms with Crippen LogP contribution >= 0.6 is 11.5 Å². The number of anilines is 2. The number of para-hydroxylation sites is 2. The molecule has 1 aliphatic rings. The van der Waals surface area contributed by atoms with Gasteiger partial charge in [-0.2, -0.15) is 4.37 Å². The zero-order valence-electron chi connectivity index (χ0n) is 22.1. The number of carbonyl (C=O) groups excluding carboxylic acids is 1. The van der Waals surface area contributed by atoms with Crippen LogP contribution < -0.4 is 14.5 Å². The Morgan fingerprint density at radius 3 is 2.54 bits per heavy atom. The van der Waals surface area contributed by atoms with Crippen LogP contribution in [0.4, 0.5) is 10.8 Å². The van der Waals surface area contributed by atoms with E-state index in [-0.39, 0.29) is 5.91 Å². The van der Waals surface area contributed by atoms with E-state index < -0.39 is 0 Å². The summed E-state index contributed by atoms with van der Waals surface area (Å²) in [6, 6.07) is 16.6. The zero-order valence-corrected chi connectivity index (χ0v) is 22.9. The van der Waals surface area contributed by atoms with Crippen molar-refractivity contribution in [3.8, 4) is 5.75 Å². The van der Waals surface area contributed by atoms with Crippen molar-refractivity contribution in [2.24, 2.45) is 0 Å². The Labute approximate surface area is 224 Å². The van der Waals surface area contributed by atoms with Crippen molar-refractivity contribution in [3.05, 3.63) is 65.5 Å².